The number of hydrogen-bond donors (Lipinski definition) is 2. The van der Waals surface area contributed by atoms with Crippen LogP contribution in [0.3, 0.4) is 0 Å². The Kier molecular flexibility index (Phi) is 6.20. The van der Waals surface area contributed by atoms with E-state index in [-0.39, 0.29) is 16.9 Å². The number of anilines is 1. The smallest absolute Gasteiger partial charge is 0.264 e. The van der Waals surface area contributed by atoms with Crippen LogP contribution in [-0.2, 0) is 13.0 Å². The number of benzene rings is 1. The molecule has 0 fully saturated rings. The molecule has 5 aromatic rings. The molecule has 7 rings (SSSR count). The molecule has 208 valence electrons. The molecule has 0 spiro atoms. The van der Waals surface area contributed by atoms with Crippen LogP contribution in [0.15, 0.2) is 65.8 Å². The summed E-state index contributed by atoms with van der Waals surface area (Å²) in [5.41, 5.74) is 10.7. The molecular formula is C32H28N8O2. The first-order valence-electron chi connectivity index (χ1n) is 14.0. The molecule has 1 aliphatic carbocycles. The minimum Gasteiger partial charge on any atom is -0.381 e. The van der Waals surface area contributed by atoms with E-state index in [1.54, 1.807) is 23.0 Å². The maximum absolute atomic E-state index is 14.3. The Morgan fingerprint density at radius 3 is 2.86 bits per heavy atom. The molecule has 1 aromatic carbocycles. The fourth-order valence-electron chi connectivity index (χ4n) is 5.87. The van der Waals surface area contributed by atoms with E-state index in [1.807, 2.05) is 54.2 Å². The summed E-state index contributed by atoms with van der Waals surface area (Å²) in [7, 11) is 0. The van der Waals surface area contributed by atoms with Gasteiger partial charge in [0.2, 0.25) is 0 Å². The minimum atomic E-state index is -0.548. The lowest BCUT2D eigenvalue weighted by atomic mass is 9.98. The second-order valence-corrected chi connectivity index (χ2v) is 10.5. The number of rotatable bonds is 4. The Morgan fingerprint density at radius 1 is 1.14 bits per heavy atom. The maximum atomic E-state index is 14.3. The van der Waals surface area contributed by atoms with E-state index in [1.165, 1.54) is 4.52 Å². The van der Waals surface area contributed by atoms with Gasteiger partial charge >= 0.3 is 0 Å². The molecular weight excluding hydrogens is 528 g/mol. The van der Waals surface area contributed by atoms with Crippen molar-refractivity contribution in [2.45, 2.75) is 45.2 Å². The second-order valence-electron chi connectivity index (χ2n) is 10.5. The highest BCUT2D eigenvalue weighted by molar-refractivity contribution is 6.04. The molecule has 0 unspecified atom stereocenters. The molecule has 10 nitrogen and oxygen atoms in total. The van der Waals surface area contributed by atoms with Gasteiger partial charge in [-0.05, 0) is 62.1 Å². The van der Waals surface area contributed by atoms with Crippen LogP contribution in [0.1, 0.15) is 59.5 Å². The van der Waals surface area contributed by atoms with Crippen LogP contribution >= 0.6 is 0 Å². The molecule has 0 saturated carbocycles. The standard InChI is InChI=1S/C32H28N8O2/c1-20(36-31(41)28-29(33)37-39-17-7-15-34-30(28)39)26-18-22-9-5-8-21(13-14-23-19-35-38-16-6-12-25(23)38)27(22)32(42)40(26)24-10-3-2-4-11-24/h2-4,7,9-11,15,17-20H,5-6,8,12,16H2,1H3,(H2,33,37)(H,36,41)/t20-/m0/s1. The Bertz CT molecular complexity index is 2130. The van der Waals surface area contributed by atoms with Crippen molar-refractivity contribution in [3.63, 3.8) is 0 Å². The number of nitrogen functional groups attached to an aromatic ring is 1. The summed E-state index contributed by atoms with van der Waals surface area (Å²) in [6, 6.07) is 12.6. The summed E-state index contributed by atoms with van der Waals surface area (Å²) in [6.07, 6.45) is 10.6. The summed E-state index contributed by atoms with van der Waals surface area (Å²) < 4.78 is 5.15. The zero-order valence-electron chi connectivity index (χ0n) is 23.0. The third kappa shape index (κ3) is 4.27. The molecule has 1 atom stereocenters. The van der Waals surface area contributed by atoms with E-state index in [2.05, 4.69) is 38.4 Å². The van der Waals surface area contributed by atoms with E-state index in [9.17, 15) is 9.59 Å². The predicted octanol–water partition coefficient (Wildman–Crippen LogP) is 1.87. The largest absolute Gasteiger partial charge is 0.381 e. The normalized spacial score (nSPS) is 14.5. The van der Waals surface area contributed by atoms with E-state index in [0.29, 0.717) is 28.7 Å². The summed E-state index contributed by atoms with van der Waals surface area (Å²) in [5.74, 6) is 6.30. The van der Waals surface area contributed by atoms with Crippen LogP contribution in [0.2, 0.25) is 0 Å². The average Bonchev–Trinajstić information content (AvgIpc) is 3.70. The zero-order chi connectivity index (χ0) is 28.8. The number of nitrogens with one attached hydrogen (secondary N) is 1. The van der Waals surface area contributed by atoms with Crippen LogP contribution in [0, 0.1) is 11.8 Å². The van der Waals surface area contributed by atoms with Crippen LogP contribution in [0.25, 0.3) is 23.0 Å². The molecule has 10 heteroatoms. The minimum absolute atomic E-state index is 0.0829. The Hall–Kier alpha value is -5.43. The van der Waals surface area contributed by atoms with Crippen LogP contribution < -0.4 is 27.0 Å². The number of carbonyl (C=O) groups is 1. The fourth-order valence-corrected chi connectivity index (χ4v) is 5.87. The van der Waals surface area contributed by atoms with Gasteiger partial charge in [-0.15, -0.1) is 5.10 Å². The Labute approximate surface area is 240 Å². The van der Waals surface area contributed by atoms with Crippen molar-refractivity contribution >= 4 is 29.0 Å². The van der Waals surface area contributed by atoms with Gasteiger partial charge in [0, 0.05) is 35.9 Å². The molecule has 0 saturated heterocycles. The van der Waals surface area contributed by atoms with Gasteiger partial charge in [-0.1, -0.05) is 36.1 Å². The van der Waals surface area contributed by atoms with Gasteiger partial charge in [-0.25, -0.2) is 9.50 Å². The summed E-state index contributed by atoms with van der Waals surface area (Å²) in [4.78, 5) is 32.1. The van der Waals surface area contributed by atoms with Crippen LogP contribution in [0.4, 0.5) is 5.82 Å². The zero-order valence-corrected chi connectivity index (χ0v) is 23.0. The van der Waals surface area contributed by atoms with Gasteiger partial charge in [0.15, 0.2) is 11.5 Å². The molecule has 2 aliphatic rings. The van der Waals surface area contributed by atoms with Gasteiger partial charge in [0.1, 0.15) is 5.56 Å². The number of nitrogens with two attached hydrogens (primary N) is 1. The number of aryl methyl sites for hydroxylation is 1. The lowest BCUT2D eigenvalue weighted by Gasteiger charge is -2.21. The lowest BCUT2D eigenvalue weighted by molar-refractivity contribution is 0.0941. The number of amides is 1. The van der Waals surface area contributed by atoms with Crippen LogP contribution in [-0.4, -0.2) is 34.9 Å². The molecule has 5 heterocycles. The number of hydrogen-bond acceptors (Lipinski definition) is 6. The first-order valence-corrected chi connectivity index (χ1v) is 14.0. The highest BCUT2D eigenvalue weighted by Gasteiger charge is 2.24. The Balaban J connectivity index is 1.35. The van der Waals surface area contributed by atoms with Crippen molar-refractivity contribution in [2.75, 3.05) is 5.73 Å². The third-order valence-electron chi connectivity index (χ3n) is 7.86. The summed E-state index contributed by atoms with van der Waals surface area (Å²) >= 11 is 0. The number of aromatic nitrogens is 6. The van der Waals surface area contributed by atoms with Gasteiger partial charge in [0.05, 0.1) is 28.7 Å². The molecule has 1 amide bonds. The van der Waals surface area contributed by atoms with Gasteiger partial charge < -0.3 is 11.1 Å². The van der Waals surface area contributed by atoms with E-state index >= 15 is 0 Å². The lowest BCUT2D eigenvalue weighted by Crippen LogP contribution is -2.49. The van der Waals surface area contributed by atoms with Crippen molar-refractivity contribution in [3.05, 3.63) is 104 Å². The van der Waals surface area contributed by atoms with Crippen molar-refractivity contribution in [1.82, 2.24) is 34.3 Å². The van der Waals surface area contributed by atoms with Crippen LogP contribution in [0.5, 0.6) is 0 Å². The SMILES string of the molecule is C[C@H](NC(=O)c1c(N)nn2cccnc12)c1cc2c(c(=O)n1-c1ccccc1)=C(C#Cc1cnn3c1CCC3)CCC=2. The maximum Gasteiger partial charge on any atom is 0.264 e. The number of fused-ring (bicyclic) bond motifs is 3. The highest BCUT2D eigenvalue weighted by atomic mass is 16.2. The number of nitrogens with zero attached hydrogens (tertiary/aromatic N) is 6. The monoisotopic (exact) mass is 556 g/mol. The molecule has 0 radical (unpaired) electrons. The van der Waals surface area contributed by atoms with E-state index in [4.69, 9.17) is 5.73 Å². The molecule has 42 heavy (non-hydrogen) atoms. The predicted molar refractivity (Wildman–Crippen MR) is 159 cm³/mol. The van der Waals surface area contributed by atoms with Gasteiger partial charge in [-0.3, -0.25) is 18.8 Å². The van der Waals surface area contributed by atoms with Crippen molar-refractivity contribution in [2.24, 2.45) is 0 Å². The highest BCUT2D eigenvalue weighted by Crippen LogP contribution is 2.20. The van der Waals surface area contributed by atoms with Crippen molar-refractivity contribution < 1.29 is 4.79 Å². The molecule has 3 N–H and O–H groups in total. The van der Waals surface area contributed by atoms with Gasteiger partial charge in [0.25, 0.3) is 11.5 Å². The number of pyridine rings is 1. The quantitative estimate of drug-likeness (QED) is 0.326. The van der Waals surface area contributed by atoms with E-state index < -0.39 is 11.9 Å². The van der Waals surface area contributed by atoms with E-state index in [0.717, 1.165) is 47.9 Å². The molecule has 0 bridgehead atoms. The number of para-hydroxylation sites is 1. The third-order valence-corrected chi connectivity index (χ3v) is 7.86. The molecule has 1 aliphatic heterocycles. The first-order chi connectivity index (χ1) is 20.5. The Morgan fingerprint density at radius 2 is 2.00 bits per heavy atom. The second kappa shape index (κ2) is 10.2. The fraction of sp³-hybridized carbons (Fsp3) is 0.219. The number of carbonyl (C=O) groups excluding carboxylic acids is 1. The average molecular weight is 557 g/mol. The van der Waals surface area contributed by atoms with Crippen molar-refractivity contribution in [1.29, 1.82) is 0 Å². The van der Waals surface area contributed by atoms with Crippen molar-refractivity contribution in [3.8, 4) is 17.5 Å². The molecule has 4 aromatic heterocycles. The summed E-state index contributed by atoms with van der Waals surface area (Å²) in [5, 5.41) is 13.1. The summed E-state index contributed by atoms with van der Waals surface area (Å²) in [6.45, 7) is 2.77. The topological polar surface area (TPSA) is 125 Å². The van der Waals surface area contributed by atoms with Gasteiger partial charge in [-0.2, -0.15) is 5.10 Å². The first kappa shape index (κ1) is 25.5.